The predicted molar refractivity (Wildman–Crippen MR) is 42.2 cm³/mol. The maximum absolute atomic E-state index is 11.4. The molecule has 11 heavy (non-hydrogen) atoms. The zero-order valence-electron chi connectivity index (χ0n) is 6.89. The number of amides is 1. The first-order valence-electron chi connectivity index (χ1n) is 4.20. The lowest BCUT2D eigenvalue weighted by Crippen LogP contribution is -2.33. The Hall–Kier alpha value is -0.570. The molecular formula is C8H14N2O. The van der Waals surface area contributed by atoms with E-state index in [1.807, 2.05) is 0 Å². The van der Waals surface area contributed by atoms with E-state index >= 15 is 0 Å². The standard InChI is InChI=1S/C8H14N2O/c1-10-5-3-8(6-10)2-4-9-7(8)11/h2-6H2,1H3,(H,9,11)/t8-/m1/s1. The largest absolute Gasteiger partial charge is 0.356 e. The first kappa shape index (κ1) is 7.10. The molecule has 0 aromatic heterocycles. The smallest absolute Gasteiger partial charge is 0.227 e. The first-order chi connectivity index (χ1) is 5.23. The van der Waals surface area contributed by atoms with Crippen LogP contribution in [0.2, 0.25) is 0 Å². The molecule has 2 saturated heterocycles. The minimum Gasteiger partial charge on any atom is -0.356 e. The lowest BCUT2D eigenvalue weighted by atomic mass is 9.86. The zero-order valence-corrected chi connectivity index (χ0v) is 6.89. The highest BCUT2D eigenvalue weighted by molar-refractivity contribution is 5.85. The van der Waals surface area contributed by atoms with Crippen molar-refractivity contribution in [2.45, 2.75) is 12.8 Å². The van der Waals surface area contributed by atoms with Crippen LogP contribution in [0.25, 0.3) is 0 Å². The van der Waals surface area contributed by atoms with E-state index in [9.17, 15) is 4.79 Å². The Balaban J connectivity index is 2.16. The maximum atomic E-state index is 11.4. The van der Waals surface area contributed by atoms with Crippen molar-refractivity contribution in [1.82, 2.24) is 10.2 Å². The van der Waals surface area contributed by atoms with Gasteiger partial charge in [0.15, 0.2) is 0 Å². The van der Waals surface area contributed by atoms with Gasteiger partial charge in [-0.25, -0.2) is 0 Å². The molecule has 0 aromatic carbocycles. The Bertz CT molecular complexity index is 193. The van der Waals surface area contributed by atoms with Gasteiger partial charge in [0.05, 0.1) is 5.41 Å². The molecule has 2 aliphatic heterocycles. The molecule has 3 nitrogen and oxygen atoms in total. The van der Waals surface area contributed by atoms with E-state index in [1.165, 1.54) is 0 Å². The molecule has 1 spiro atoms. The Morgan fingerprint density at radius 3 is 2.82 bits per heavy atom. The molecule has 0 bridgehead atoms. The van der Waals surface area contributed by atoms with Crippen molar-refractivity contribution in [3.8, 4) is 0 Å². The van der Waals surface area contributed by atoms with Crippen molar-refractivity contribution in [2.75, 3.05) is 26.7 Å². The SMILES string of the molecule is CN1CC[C@]2(CCNC2=O)C1. The van der Waals surface area contributed by atoms with Crippen LogP contribution in [0.4, 0.5) is 0 Å². The van der Waals surface area contributed by atoms with Gasteiger partial charge in [-0.2, -0.15) is 0 Å². The summed E-state index contributed by atoms with van der Waals surface area (Å²) in [5.41, 5.74) is -0.00521. The van der Waals surface area contributed by atoms with Gasteiger partial charge in [-0.3, -0.25) is 4.79 Å². The number of nitrogens with one attached hydrogen (secondary N) is 1. The number of hydrogen-bond acceptors (Lipinski definition) is 2. The van der Waals surface area contributed by atoms with Crippen molar-refractivity contribution >= 4 is 5.91 Å². The van der Waals surface area contributed by atoms with Crippen LogP contribution in [0, 0.1) is 5.41 Å². The average molecular weight is 154 g/mol. The molecule has 1 N–H and O–H groups in total. The highest BCUT2D eigenvalue weighted by atomic mass is 16.2. The van der Waals surface area contributed by atoms with Gasteiger partial charge in [-0.1, -0.05) is 0 Å². The number of hydrogen-bond donors (Lipinski definition) is 1. The third-order valence-corrected chi connectivity index (χ3v) is 2.92. The fraction of sp³-hybridized carbons (Fsp3) is 0.875. The van der Waals surface area contributed by atoms with Crippen LogP contribution in [-0.4, -0.2) is 37.5 Å². The summed E-state index contributed by atoms with van der Waals surface area (Å²) in [5, 5.41) is 2.91. The minimum atomic E-state index is -0.00521. The molecule has 2 aliphatic rings. The fourth-order valence-corrected chi connectivity index (χ4v) is 2.19. The van der Waals surface area contributed by atoms with E-state index in [2.05, 4.69) is 17.3 Å². The summed E-state index contributed by atoms with van der Waals surface area (Å²) < 4.78 is 0. The monoisotopic (exact) mass is 154 g/mol. The van der Waals surface area contributed by atoms with E-state index < -0.39 is 0 Å². The average Bonchev–Trinajstić information content (AvgIpc) is 2.46. The van der Waals surface area contributed by atoms with Crippen molar-refractivity contribution in [3.05, 3.63) is 0 Å². The van der Waals surface area contributed by atoms with Crippen molar-refractivity contribution in [2.24, 2.45) is 5.41 Å². The molecule has 0 unspecified atom stereocenters. The predicted octanol–water partition coefficient (Wildman–Crippen LogP) is -0.172. The highest BCUT2D eigenvalue weighted by Gasteiger charge is 2.46. The summed E-state index contributed by atoms with van der Waals surface area (Å²) in [4.78, 5) is 13.6. The third kappa shape index (κ3) is 0.948. The number of likely N-dealkylation sites (tertiary alicyclic amines) is 1. The van der Waals surface area contributed by atoms with Gasteiger partial charge in [0.2, 0.25) is 5.91 Å². The number of carbonyl (C=O) groups excluding carboxylic acids is 1. The van der Waals surface area contributed by atoms with E-state index in [0.717, 1.165) is 32.5 Å². The second-order valence-electron chi connectivity index (χ2n) is 3.77. The molecule has 2 fully saturated rings. The van der Waals surface area contributed by atoms with Gasteiger partial charge >= 0.3 is 0 Å². The summed E-state index contributed by atoms with van der Waals surface area (Å²) in [6.45, 7) is 2.92. The summed E-state index contributed by atoms with van der Waals surface area (Å²) in [5.74, 6) is 0.279. The van der Waals surface area contributed by atoms with E-state index in [0.29, 0.717) is 0 Å². The van der Waals surface area contributed by atoms with Gasteiger partial charge in [-0.15, -0.1) is 0 Å². The van der Waals surface area contributed by atoms with E-state index in [-0.39, 0.29) is 11.3 Å². The van der Waals surface area contributed by atoms with Crippen LogP contribution < -0.4 is 5.32 Å². The van der Waals surface area contributed by atoms with Crippen LogP contribution in [0.3, 0.4) is 0 Å². The molecule has 3 heteroatoms. The molecule has 0 radical (unpaired) electrons. The Morgan fingerprint density at radius 1 is 1.55 bits per heavy atom. The fourth-order valence-electron chi connectivity index (χ4n) is 2.19. The van der Waals surface area contributed by atoms with Gasteiger partial charge in [0.25, 0.3) is 0 Å². The van der Waals surface area contributed by atoms with Gasteiger partial charge in [0.1, 0.15) is 0 Å². The van der Waals surface area contributed by atoms with Crippen molar-refractivity contribution in [3.63, 3.8) is 0 Å². The Labute approximate surface area is 66.8 Å². The van der Waals surface area contributed by atoms with Crippen LogP contribution in [0.1, 0.15) is 12.8 Å². The summed E-state index contributed by atoms with van der Waals surface area (Å²) in [7, 11) is 2.08. The molecule has 2 heterocycles. The van der Waals surface area contributed by atoms with Gasteiger partial charge in [-0.05, 0) is 26.4 Å². The quantitative estimate of drug-likeness (QED) is 0.525. The Kier molecular flexibility index (Phi) is 1.42. The summed E-state index contributed by atoms with van der Waals surface area (Å²) in [6.07, 6.45) is 2.09. The minimum absolute atomic E-state index is 0.00521. The normalized spacial score (nSPS) is 38.5. The lowest BCUT2D eigenvalue weighted by molar-refractivity contribution is -0.126. The molecule has 0 aromatic rings. The van der Waals surface area contributed by atoms with E-state index in [4.69, 9.17) is 0 Å². The van der Waals surface area contributed by atoms with Crippen LogP contribution in [-0.2, 0) is 4.79 Å². The topological polar surface area (TPSA) is 32.3 Å². The maximum Gasteiger partial charge on any atom is 0.227 e. The van der Waals surface area contributed by atoms with Gasteiger partial charge in [0, 0.05) is 13.1 Å². The molecule has 1 atom stereocenters. The molecular weight excluding hydrogens is 140 g/mol. The molecule has 62 valence electrons. The lowest BCUT2D eigenvalue weighted by Gasteiger charge is -2.18. The van der Waals surface area contributed by atoms with Crippen LogP contribution in [0.15, 0.2) is 0 Å². The Morgan fingerprint density at radius 2 is 2.36 bits per heavy atom. The third-order valence-electron chi connectivity index (χ3n) is 2.92. The van der Waals surface area contributed by atoms with Crippen LogP contribution in [0.5, 0.6) is 0 Å². The second kappa shape index (κ2) is 2.21. The highest BCUT2D eigenvalue weighted by Crippen LogP contribution is 2.36. The molecule has 0 saturated carbocycles. The number of carbonyl (C=O) groups is 1. The molecule has 2 rings (SSSR count). The summed E-state index contributed by atoms with van der Waals surface area (Å²) >= 11 is 0. The second-order valence-corrected chi connectivity index (χ2v) is 3.77. The summed E-state index contributed by atoms with van der Waals surface area (Å²) in [6, 6.07) is 0. The van der Waals surface area contributed by atoms with Gasteiger partial charge < -0.3 is 10.2 Å². The number of nitrogens with zero attached hydrogens (tertiary/aromatic N) is 1. The van der Waals surface area contributed by atoms with Crippen LogP contribution >= 0.6 is 0 Å². The van der Waals surface area contributed by atoms with Crippen molar-refractivity contribution in [1.29, 1.82) is 0 Å². The van der Waals surface area contributed by atoms with Crippen molar-refractivity contribution < 1.29 is 4.79 Å². The zero-order chi connectivity index (χ0) is 7.90. The first-order valence-corrected chi connectivity index (χ1v) is 4.20. The molecule has 1 amide bonds. The number of rotatable bonds is 0. The van der Waals surface area contributed by atoms with E-state index in [1.54, 1.807) is 0 Å². The molecule has 0 aliphatic carbocycles.